The van der Waals surface area contributed by atoms with Crippen molar-refractivity contribution in [2.75, 3.05) is 11.4 Å². The number of aryl methyl sites for hydroxylation is 2. The van der Waals surface area contributed by atoms with Crippen LogP contribution in [0.3, 0.4) is 0 Å². The summed E-state index contributed by atoms with van der Waals surface area (Å²) in [6.45, 7) is 14.2. The first-order chi connectivity index (χ1) is 13.9. The number of halogens is 1. The highest BCUT2D eigenvalue weighted by Crippen LogP contribution is 2.44. The lowest BCUT2D eigenvalue weighted by Gasteiger charge is -2.25. The van der Waals surface area contributed by atoms with Crippen LogP contribution in [0.15, 0.2) is 47.5 Å². The first-order valence-electron chi connectivity index (χ1n) is 10.0. The minimum Gasteiger partial charge on any atom is -0.375 e. The molecule has 5 heteroatoms. The molecule has 1 aliphatic rings. The molecule has 1 heterocycles. The van der Waals surface area contributed by atoms with Crippen LogP contribution in [0.1, 0.15) is 59.8 Å². The number of hydrogen-bond acceptors (Lipinski definition) is 3. The van der Waals surface area contributed by atoms with Crippen molar-refractivity contribution < 1.29 is 14.7 Å². The lowest BCUT2D eigenvalue weighted by atomic mass is 9.81. The maximum Gasteiger partial charge on any atom is 0.264 e. The fourth-order valence-corrected chi connectivity index (χ4v) is 4.52. The Labute approximate surface area is 186 Å². The molecule has 0 fully saturated rings. The minimum atomic E-state index is -1.90. The molecule has 0 radical (unpaired) electrons. The third kappa shape index (κ3) is 3.77. The number of aliphatic hydroxyl groups is 1. The van der Waals surface area contributed by atoms with Crippen LogP contribution in [0.4, 0.5) is 5.69 Å². The largest absolute Gasteiger partial charge is 0.375 e. The van der Waals surface area contributed by atoms with Crippen molar-refractivity contribution in [2.45, 2.75) is 52.1 Å². The Morgan fingerprint density at radius 3 is 2.33 bits per heavy atom. The summed E-state index contributed by atoms with van der Waals surface area (Å²) in [7, 11) is 0. The van der Waals surface area contributed by atoms with Gasteiger partial charge in [-0.25, -0.2) is 0 Å². The Kier molecular flexibility index (Phi) is 5.82. The summed E-state index contributed by atoms with van der Waals surface area (Å²) in [6, 6.07) is 9.35. The number of carbonyl (C=O) groups excluding carboxylic acids is 2. The van der Waals surface area contributed by atoms with Crippen LogP contribution in [0, 0.1) is 13.8 Å². The molecule has 0 aromatic heterocycles. The molecule has 30 heavy (non-hydrogen) atoms. The Morgan fingerprint density at radius 2 is 1.80 bits per heavy atom. The molecule has 4 nitrogen and oxygen atoms in total. The Balaban J connectivity index is 2.04. The third-order valence-corrected chi connectivity index (χ3v) is 6.19. The van der Waals surface area contributed by atoms with Crippen LogP contribution < -0.4 is 4.90 Å². The van der Waals surface area contributed by atoms with Crippen LogP contribution in [0.25, 0.3) is 0 Å². The predicted octanol–water partition coefficient (Wildman–Crippen LogP) is 5.36. The number of nitrogens with zero attached hydrogens (tertiary/aromatic N) is 1. The zero-order valence-electron chi connectivity index (χ0n) is 18.2. The molecule has 1 aliphatic heterocycles. The molecule has 1 atom stereocenters. The molecule has 0 spiro atoms. The predicted molar refractivity (Wildman–Crippen MR) is 124 cm³/mol. The average Bonchev–Trinajstić information content (AvgIpc) is 2.82. The molecule has 0 bridgehead atoms. The van der Waals surface area contributed by atoms with Crippen LogP contribution in [-0.2, 0) is 15.8 Å². The number of Topliss-reactive ketones (excluding diaryl/α,β-unsaturated/α-hetero) is 1. The summed E-state index contributed by atoms with van der Waals surface area (Å²) in [5.74, 6) is -0.738. The molecular formula is C25H28BrNO3. The normalized spacial score (nSPS) is 18.5. The molecule has 158 valence electrons. The monoisotopic (exact) mass is 469 g/mol. The van der Waals surface area contributed by atoms with Gasteiger partial charge in [0.15, 0.2) is 11.4 Å². The Bertz CT molecular complexity index is 1030. The van der Waals surface area contributed by atoms with Gasteiger partial charge in [-0.05, 0) is 54.2 Å². The van der Waals surface area contributed by atoms with E-state index < -0.39 is 11.5 Å². The van der Waals surface area contributed by atoms with Gasteiger partial charge in [0.1, 0.15) is 0 Å². The second-order valence-electron chi connectivity index (χ2n) is 9.06. The highest BCUT2D eigenvalue weighted by Gasteiger charge is 2.51. The fourth-order valence-electron chi connectivity index (χ4n) is 4.16. The zero-order chi connectivity index (χ0) is 22.4. The van der Waals surface area contributed by atoms with E-state index in [1.165, 1.54) is 4.90 Å². The minimum absolute atomic E-state index is 0.0346. The van der Waals surface area contributed by atoms with Crippen molar-refractivity contribution in [3.63, 3.8) is 0 Å². The Hall–Kier alpha value is -2.24. The van der Waals surface area contributed by atoms with E-state index in [9.17, 15) is 14.7 Å². The van der Waals surface area contributed by atoms with Gasteiger partial charge in [-0.2, -0.15) is 0 Å². The van der Waals surface area contributed by atoms with Gasteiger partial charge in [0.25, 0.3) is 5.91 Å². The molecule has 0 saturated heterocycles. The van der Waals surface area contributed by atoms with Crippen molar-refractivity contribution >= 4 is 33.3 Å². The van der Waals surface area contributed by atoms with E-state index in [0.717, 1.165) is 21.2 Å². The number of hydrogen-bond donors (Lipinski definition) is 1. The number of carbonyl (C=O) groups is 2. The maximum absolute atomic E-state index is 13.4. The second kappa shape index (κ2) is 7.78. The number of benzene rings is 2. The number of anilines is 1. The Morgan fingerprint density at radius 1 is 1.20 bits per heavy atom. The molecule has 3 rings (SSSR count). The first kappa shape index (κ1) is 22.4. The lowest BCUT2D eigenvalue weighted by molar-refractivity contribution is -0.135. The summed E-state index contributed by atoms with van der Waals surface area (Å²) >= 11 is 3.41. The van der Waals surface area contributed by atoms with Gasteiger partial charge in [-0.3, -0.25) is 9.59 Å². The summed E-state index contributed by atoms with van der Waals surface area (Å²) < 4.78 is 0.738. The van der Waals surface area contributed by atoms with Gasteiger partial charge in [-0.1, -0.05) is 54.9 Å². The molecule has 0 aliphatic carbocycles. The summed E-state index contributed by atoms with van der Waals surface area (Å²) in [5.41, 5.74) is 2.55. The number of amides is 1. The van der Waals surface area contributed by atoms with E-state index in [2.05, 4.69) is 43.3 Å². The maximum atomic E-state index is 13.4. The van der Waals surface area contributed by atoms with E-state index in [1.54, 1.807) is 18.2 Å². The fraction of sp³-hybridized carbons (Fsp3) is 0.360. The second-order valence-corrected chi connectivity index (χ2v) is 9.98. The summed E-state index contributed by atoms with van der Waals surface area (Å²) in [6.07, 6.45) is 1.30. The molecule has 2 aromatic rings. The van der Waals surface area contributed by atoms with Gasteiger partial charge in [0.05, 0.1) is 12.1 Å². The summed E-state index contributed by atoms with van der Waals surface area (Å²) in [5, 5.41) is 11.5. The van der Waals surface area contributed by atoms with Crippen LogP contribution in [-0.4, -0.2) is 23.3 Å². The van der Waals surface area contributed by atoms with Gasteiger partial charge in [-0.15, -0.1) is 6.58 Å². The number of ketones is 1. The summed E-state index contributed by atoms with van der Waals surface area (Å²) in [4.78, 5) is 28.0. The average molecular weight is 470 g/mol. The zero-order valence-corrected chi connectivity index (χ0v) is 19.8. The van der Waals surface area contributed by atoms with Crippen molar-refractivity contribution in [2.24, 2.45) is 0 Å². The highest BCUT2D eigenvalue weighted by molar-refractivity contribution is 9.10. The van der Waals surface area contributed by atoms with Gasteiger partial charge >= 0.3 is 0 Å². The van der Waals surface area contributed by atoms with Gasteiger partial charge < -0.3 is 10.0 Å². The standard InChI is InChI=1S/C25H28BrNO3/c1-7-10-27-20-9-8-18(26)13-19(20)25(30,23(27)29)14-21(28)22-15(2)11-17(12-16(22)3)24(4,5)6/h7-9,11-13,30H,1,10,14H2,2-6H3. The van der Waals surface area contributed by atoms with E-state index >= 15 is 0 Å². The third-order valence-electron chi connectivity index (χ3n) is 5.70. The smallest absolute Gasteiger partial charge is 0.264 e. The number of rotatable bonds is 5. The SMILES string of the molecule is C=CCN1C(=O)C(O)(CC(=O)c2c(C)cc(C(C)(C)C)cc2C)c2cc(Br)ccc21. The molecular weight excluding hydrogens is 442 g/mol. The highest BCUT2D eigenvalue weighted by atomic mass is 79.9. The van der Waals surface area contributed by atoms with Crippen LogP contribution >= 0.6 is 15.9 Å². The van der Waals surface area contributed by atoms with Crippen molar-refractivity contribution in [3.8, 4) is 0 Å². The van der Waals surface area contributed by atoms with Crippen molar-refractivity contribution in [1.82, 2.24) is 0 Å². The van der Waals surface area contributed by atoms with E-state index in [0.29, 0.717) is 16.8 Å². The molecule has 1 amide bonds. The van der Waals surface area contributed by atoms with Crippen LogP contribution in [0.2, 0.25) is 0 Å². The number of fused-ring (bicyclic) bond motifs is 1. The molecule has 0 saturated carbocycles. The van der Waals surface area contributed by atoms with Crippen molar-refractivity contribution in [1.29, 1.82) is 0 Å². The van der Waals surface area contributed by atoms with Gasteiger partial charge in [0, 0.05) is 22.1 Å². The molecule has 1 N–H and O–H groups in total. The van der Waals surface area contributed by atoms with Gasteiger partial charge in [0.2, 0.25) is 0 Å². The van der Waals surface area contributed by atoms with E-state index in [1.807, 2.05) is 32.0 Å². The molecule has 1 unspecified atom stereocenters. The van der Waals surface area contributed by atoms with Crippen LogP contribution in [0.5, 0.6) is 0 Å². The topological polar surface area (TPSA) is 57.6 Å². The van der Waals surface area contributed by atoms with E-state index in [-0.39, 0.29) is 24.2 Å². The van der Waals surface area contributed by atoms with E-state index in [4.69, 9.17) is 0 Å². The first-order valence-corrected chi connectivity index (χ1v) is 10.8. The van der Waals surface area contributed by atoms with Crippen molar-refractivity contribution in [3.05, 3.63) is 75.3 Å². The quantitative estimate of drug-likeness (QED) is 0.473. The molecule has 2 aromatic carbocycles. The lowest BCUT2D eigenvalue weighted by Crippen LogP contribution is -2.42.